The van der Waals surface area contributed by atoms with Crippen molar-refractivity contribution in [2.45, 2.75) is 46.1 Å². The second kappa shape index (κ2) is 9.81. The predicted molar refractivity (Wildman–Crippen MR) is 143 cm³/mol. The number of fused-ring (bicyclic) bond motifs is 6. The smallest absolute Gasteiger partial charge is 0.340 e. The van der Waals surface area contributed by atoms with Crippen LogP contribution in [0, 0.1) is 13.8 Å². The molecule has 0 unspecified atom stereocenters. The van der Waals surface area contributed by atoms with Gasteiger partial charge in [-0.25, -0.2) is 4.79 Å². The van der Waals surface area contributed by atoms with Crippen molar-refractivity contribution in [2.24, 2.45) is 0 Å². The van der Waals surface area contributed by atoms with Gasteiger partial charge in [-0.1, -0.05) is 0 Å². The Morgan fingerprint density at radius 2 is 1.51 bits per heavy atom. The van der Waals surface area contributed by atoms with Crippen LogP contribution in [0.4, 0.5) is 11.4 Å². The number of benzene rings is 3. The van der Waals surface area contributed by atoms with Crippen LogP contribution in [-0.4, -0.2) is 32.0 Å². The topological polar surface area (TPSA) is 85.9 Å². The standard InChI is InChI=1S/C30H32N2O5/c1-5-31-25-16-27-23(13-18(25)3)30(24-14-19(4)26(32-6-2)17-28(24)36-27)22-15-20(35-12-8-7-11-33)9-10-21(22)29(34)37-30/h9-11,13-17,31-32H,5-8,12H2,1-4H3. The van der Waals surface area contributed by atoms with Crippen molar-refractivity contribution in [3.63, 3.8) is 0 Å². The zero-order valence-corrected chi connectivity index (χ0v) is 21.7. The second-order valence-electron chi connectivity index (χ2n) is 9.42. The molecule has 0 atom stereocenters. The molecule has 7 heteroatoms. The van der Waals surface area contributed by atoms with Crippen molar-refractivity contribution in [1.82, 2.24) is 0 Å². The Bertz CT molecular complexity index is 1320. The molecule has 7 nitrogen and oxygen atoms in total. The number of ether oxygens (including phenoxy) is 3. The van der Waals surface area contributed by atoms with Gasteiger partial charge < -0.3 is 29.6 Å². The van der Waals surface area contributed by atoms with E-state index < -0.39 is 5.60 Å². The predicted octanol–water partition coefficient (Wildman–Crippen LogP) is 6.09. The first kappa shape index (κ1) is 24.7. The monoisotopic (exact) mass is 500 g/mol. The molecule has 192 valence electrons. The summed E-state index contributed by atoms with van der Waals surface area (Å²) in [6.45, 7) is 10.1. The first-order valence-corrected chi connectivity index (χ1v) is 12.8. The quantitative estimate of drug-likeness (QED) is 0.209. The fraction of sp³-hybridized carbons (Fsp3) is 0.333. The van der Waals surface area contributed by atoms with Gasteiger partial charge in [0, 0.05) is 59.7 Å². The van der Waals surface area contributed by atoms with Crippen LogP contribution in [0.2, 0.25) is 0 Å². The van der Waals surface area contributed by atoms with Gasteiger partial charge in [-0.15, -0.1) is 0 Å². The average molecular weight is 501 g/mol. The minimum absolute atomic E-state index is 0.386. The molecule has 0 amide bonds. The lowest BCUT2D eigenvalue weighted by Gasteiger charge is -2.37. The van der Waals surface area contributed by atoms with Crippen molar-refractivity contribution in [3.05, 3.63) is 75.8 Å². The molecule has 0 aliphatic carbocycles. The van der Waals surface area contributed by atoms with E-state index in [-0.39, 0.29) is 5.97 Å². The van der Waals surface area contributed by atoms with Crippen LogP contribution in [0.1, 0.15) is 64.9 Å². The summed E-state index contributed by atoms with van der Waals surface area (Å²) in [6, 6.07) is 13.5. The fourth-order valence-corrected chi connectivity index (χ4v) is 5.21. The van der Waals surface area contributed by atoms with E-state index in [2.05, 4.69) is 10.6 Å². The van der Waals surface area contributed by atoms with Gasteiger partial charge >= 0.3 is 5.97 Å². The third-order valence-electron chi connectivity index (χ3n) is 6.94. The molecule has 0 saturated heterocycles. The van der Waals surface area contributed by atoms with Crippen LogP contribution in [0.15, 0.2) is 42.5 Å². The molecule has 0 saturated carbocycles. The normalized spacial score (nSPS) is 14.2. The summed E-state index contributed by atoms with van der Waals surface area (Å²) in [5, 5.41) is 6.79. The first-order chi connectivity index (χ1) is 17.9. The molecule has 0 aromatic heterocycles. The van der Waals surface area contributed by atoms with Gasteiger partial charge in [-0.3, -0.25) is 0 Å². The SMILES string of the molecule is CCNc1cc2c(cc1C)C1(OC(=O)c3ccc(OCCCC=O)cc31)c1cc(C)c(NCC)cc1O2. The Kier molecular flexibility index (Phi) is 6.54. The van der Waals surface area contributed by atoms with Gasteiger partial charge in [0.15, 0.2) is 5.60 Å². The molecule has 0 radical (unpaired) electrons. The fourth-order valence-electron chi connectivity index (χ4n) is 5.21. The molecular weight excluding hydrogens is 468 g/mol. The summed E-state index contributed by atoms with van der Waals surface area (Å²) in [4.78, 5) is 24.0. The summed E-state index contributed by atoms with van der Waals surface area (Å²) >= 11 is 0. The summed E-state index contributed by atoms with van der Waals surface area (Å²) in [6.07, 6.45) is 1.95. The van der Waals surface area contributed by atoms with E-state index in [1.807, 2.05) is 58.0 Å². The molecular formula is C30H32N2O5. The van der Waals surface area contributed by atoms with Crippen molar-refractivity contribution in [3.8, 4) is 17.2 Å². The van der Waals surface area contributed by atoms with Crippen LogP contribution in [0.25, 0.3) is 0 Å². The van der Waals surface area contributed by atoms with Crippen LogP contribution >= 0.6 is 0 Å². The number of rotatable bonds is 9. The van der Waals surface area contributed by atoms with Crippen molar-refractivity contribution < 1.29 is 23.8 Å². The van der Waals surface area contributed by atoms with Crippen LogP contribution in [-0.2, 0) is 15.1 Å². The summed E-state index contributed by atoms with van der Waals surface area (Å²) in [5.74, 6) is 1.51. The lowest BCUT2D eigenvalue weighted by Crippen LogP contribution is -2.33. The van der Waals surface area contributed by atoms with E-state index in [4.69, 9.17) is 14.2 Å². The number of aldehydes is 1. The van der Waals surface area contributed by atoms with E-state index in [9.17, 15) is 9.59 Å². The zero-order valence-electron chi connectivity index (χ0n) is 21.7. The number of carbonyl (C=O) groups excluding carboxylic acids is 2. The highest BCUT2D eigenvalue weighted by Crippen LogP contribution is 2.58. The molecule has 2 N–H and O–H groups in total. The number of aryl methyl sites for hydroxylation is 2. The number of hydrogen-bond donors (Lipinski definition) is 2. The molecule has 5 rings (SSSR count). The highest BCUT2D eigenvalue weighted by Gasteiger charge is 2.54. The third kappa shape index (κ3) is 4.08. The molecule has 0 bridgehead atoms. The number of nitrogens with one attached hydrogen (secondary N) is 2. The summed E-state index contributed by atoms with van der Waals surface area (Å²) in [7, 11) is 0. The number of esters is 1. The molecule has 0 fully saturated rings. The molecule has 1 spiro atoms. The van der Waals surface area contributed by atoms with Gasteiger partial charge in [0.1, 0.15) is 23.5 Å². The highest BCUT2D eigenvalue weighted by atomic mass is 16.6. The summed E-state index contributed by atoms with van der Waals surface area (Å²) in [5.41, 5.74) is 5.59. The average Bonchev–Trinajstić information content (AvgIpc) is 3.17. The molecule has 3 aromatic rings. The molecule has 2 aliphatic heterocycles. The minimum Gasteiger partial charge on any atom is -0.494 e. The van der Waals surface area contributed by atoms with E-state index in [1.165, 1.54) is 0 Å². The van der Waals surface area contributed by atoms with Gasteiger partial charge in [0.05, 0.1) is 12.2 Å². The largest absolute Gasteiger partial charge is 0.494 e. The molecule has 37 heavy (non-hydrogen) atoms. The third-order valence-corrected chi connectivity index (χ3v) is 6.94. The van der Waals surface area contributed by atoms with E-state index in [0.717, 1.165) is 58.6 Å². The van der Waals surface area contributed by atoms with Crippen molar-refractivity contribution in [1.29, 1.82) is 0 Å². The Balaban J connectivity index is 1.73. The number of unbranched alkanes of at least 4 members (excludes halogenated alkanes) is 1. The van der Waals surface area contributed by atoms with Gasteiger partial charge in [0.2, 0.25) is 0 Å². The molecule has 2 heterocycles. The Morgan fingerprint density at radius 3 is 2.08 bits per heavy atom. The first-order valence-electron chi connectivity index (χ1n) is 12.8. The van der Waals surface area contributed by atoms with Gasteiger partial charge in [0.25, 0.3) is 0 Å². The lowest BCUT2D eigenvalue weighted by molar-refractivity contribution is -0.108. The minimum atomic E-state index is -1.18. The zero-order chi connectivity index (χ0) is 26.2. The van der Waals surface area contributed by atoms with Crippen LogP contribution in [0.5, 0.6) is 17.2 Å². The van der Waals surface area contributed by atoms with Crippen LogP contribution in [0.3, 0.4) is 0 Å². The van der Waals surface area contributed by atoms with Crippen molar-refractivity contribution >= 4 is 23.6 Å². The Labute approximate surface area is 217 Å². The van der Waals surface area contributed by atoms with E-state index in [1.54, 1.807) is 12.1 Å². The maximum atomic E-state index is 13.3. The molecule has 2 aliphatic rings. The second-order valence-corrected chi connectivity index (χ2v) is 9.42. The van der Waals surface area contributed by atoms with E-state index in [0.29, 0.717) is 42.3 Å². The summed E-state index contributed by atoms with van der Waals surface area (Å²) < 4.78 is 18.8. The number of anilines is 2. The lowest BCUT2D eigenvalue weighted by atomic mass is 9.76. The maximum absolute atomic E-state index is 13.3. The van der Waals surface area contributed by atoms with E-state index >= 15 is 0 Å². The highest BCUT2D eigenvalue weighted by molar-refractivity contribution is 5.97. The molecule has 3 aromatic carbocycles. The number of carbonyl (C=O) groups is 2. The maximum Gasteiger partial charge on any atom is 0.340 e. The number of hydrogen-bond acceptors (Lipinski definition) is 7. The van der Waals surface area contributed by atoms with Crippen LogP contribution < -0.4 is 20.1 Å². The Morgan fingerprint density at radius 1 is 0.892 bits per heavy atom. The van der Waals surface area contributed by atoms with Gasteiger partial charge in [-0.2, -0.15) is 0 Å². The Hall–Kier alpha value is -4.00. The van der Waals surface area contributed by atoms with Gasteiger partial charge in [-0.05, 0) is 75.6 Å². The van der Waals surface area contributed by atoms with Crippen molar-refractivity contribution in [2.75, 3.05) is 30.3 Å².